The summed E-state index contributed by atoms with van der Waals surface area (Å²) in [6, 6.07) is 2.41. The lowest BCUT2D eigenvalue weighted by Gasteiger charge is -2.23. The van der Waals surface area contributed by atoms with Crippen LogP contribution in [0.4, 0.5) is 0 Å². The Morgan fingerprint density at radius 2 is 2.12 bits per heavy atom. The standard InChI is InChI=1S/C12H17N3O/c16-12-14-10(8-4-5-8)7-11(15-12)9-3-1-2-6-13-9/h7-9,13H,1-6H2,(H,14,15,16). The van der Waals surface area contributed by atoms with Crippen molar-refractivity contribution in [2.24, 2.45) is 0 Å². The fourth-order valence-corrected chi connectivity index (χ4v) is 2.39. The molecule has 3 rings (SSSR count). The molecule has 1 atom stereocenters. The van der Waals surface area contributed by atoms with Crippen LogP contribution in [0.15, 0.2) is 10.9 Å². The van der Waals surface area contributed by atoms with Crippen molar-refractivity contribution in [3.8, 4) is 0 Å². The van der Waals surface area contributed by atoms with E-state index < -0.39 is 0 Å². The SMILES string of the molecule is O=c1nc(C2CC2)cc(C2CCCCN2)[nH]1. The maximum absolute atomic E-state index is 11.5. The van der Waals surface area contributed by atoms with Gasteiger partial charge in [-0.2, -0.15) is 4.98 Å². The molecular formula is C12H17N3O. The zero-order valence-corrected chi connectivity index (χ0v) is 9.33. The first-order chi connectivity index (χ1) is 7.83. The smallest absolute Gasteiger partial charge is 0.309 e. The average Bonchev–Trinajstić information content (AvgIpc) is 3.13. The zero-order chi connectivity index (χ0) is 11.0. The van der Waals surface area contributed by atoms with Crippen molar-refractivity contribution >= 4 is 0 Å². The van der Waals surface area contributed by atoms with Crippen molar-refractivity contribution in [2.75, 3.05) is 6.54 Å². The van der Waals surface area contributed by atoms with Crippen LogP contribution < -0.4 is 11.0 Å². The zero-order valence-electron chi connectivity index (χ0n) is 9.33. The lowest BCUT2D eigenvalue weighted by Crippen LogP contribution is -2.29. The first-order valence-corrected chi connectivity index (χ1v) is 6.17. The minimum absolute atomic E-state index is 0.188. The summed E-state index contributed by atoms with van der Waals surface area (Å²) in [4.78, 5) is 18.4. The van der Waals surface area contributed by atoms with E-state index in [1.807, 2.05) is 0 Å². The van der Waals surface area contributed by atoms with Crippen molar-refractivity contribution in [1.82, 2.24) is 15.3 Å². The maximum atomic E-state index is 11.5. The van der Waals surface area contributed by atoms with Crippen molar-refractivity contribution in [3.05, 3.63) is 27.9 Å². The summed E-state index contributed by atoms with van der Waals surface area (Å²) in [5, 5.41) is 3.45. The second-order valence-corrected chi connectivity index (χ2v) is 4.84. The van der Waals surface area contributed by atoms with E-state index in [0.717, 1.165) is 24.4 Å². The Hall–Kier alpha value is -1.16. The molecule has 0 aromatic carbocycles. The molecular weight excluding hydrogens is 202 g/mol. The Balaban J connectivity index is 1.89. The molecule has 1 aliphatic carbocycles. The molecule has 4 nitrogen and oxygen atoms in total. The Morgan fingerprint density at radius 3 is 2.81 bits per heavy atom. The van der Waals surface area contributed by atoms with Crippen LogP contribution in [0.2, 0.25) is 0 Å². The van der Waals surface area contributed by atoms with Gasteiger partial charge in [0.1, 0.15) is 0 Å². The average molecular weight is 219 g/mol. The monoisotopic (exact) mass is 219 g/mol. The Labute approximate surface area is 94.5 Å². The van der Waals surface area contributed by atoms with Gasteiger partial charge >= 0.3 is 5.69 Å². The van der Waals surface area contributed by atoms with Crippen LogP contribution >= 0.6 is 0 Å². The molecule has 0 amide bonds. The Morgan fingerprint density at radius 1 is 1.25 bits per heavy atom. The number of aromatic nitrogens is 2. The summed E-state index contributed by atoms with van der Waals surface area (Å²) in [6.07, 6.45) is 5.97. The van der Waals surface area contributed by atoms with Crippen LogP contribution in [0.3, 0.4) is 0 Å². The van der Waals surface area contributed by atoms with Gasteiger partial charge in [-0.05, 0) is 38.3 Å². The largest absolute Gasteiger partial charge is 0.345 e. The lowest BCUT2D eigenvalue weighted by atomic mass is 10.0. The van der Waals surface area contributed by atoms with E-state index in [1.54, 1.807) is 0 Å². The van der Waals surface area contributed by atoms with E-state index in [-0.39, 0.29) is 5.69 Å². The summed E-state index contributed by atoms with van der Waals surface area (Å²) in [5.74, 6) is 0.546. The molecule has 1 aliphatic heterocycles. The molecule has 1 unspecified atom stereocenters. The van der Waals surface area contributed by atoms with Gasteiger partial charge in [0.05, 0.1) is 5.69 Å². The number of nitrogens with one attached hydrogen (secondary N) is 2. The van der Waals surface area contributed by atoms with Crippen molar-refractivity contribution in [1.29, 1.82) is 0 Å². The first-order valence-electron chi connectivity index (χ1n) is 6.17. The number of rotatable bonds is 2. The molecule has 16 heavy (non-hydrogen) atoms. The van der Waals surface area contributed by atoms with Gasteiger partial charge in [-0.25, -0.2) is 4.79 Å². The van der Waals surface area contributed by atoms with Crippen LogP contribution in [0.5, 0.6) is 0 Å². The molecule has 1 aromatic rings. The maximum Gasteiger partial charge on any atom is 0.345 e. The van der Waals surface area contributed by atoms with Gasteiger partial charge in [0, 0.05) is 17.7 Å². The van der Waals surface area contributed by atoms with Gasteiger partial charge in [-0.15, -0.1) is 0 Å². The molecule has 0 bridgehead atoms. The molecule has 1 aromatic heterocycles. The molecule has 2 fully saturated rings. The first kappa shape index (κ1) is 10.0. The predicted octanol–water partition coefficient (Wildman–Crippen LogP) is 1.46. The van der Waals surface area contributed by atoms with Crippen LogP contribution in [0.25, 0.3) is 0 Å². The van der Waals surface area contributed by atoms with Gasteiger partial charge < -0.3 is 10.3 Å². The highest BCUT2D eigenvalue weighted by Crippen LogP contribution is 2.39. The van der Waals surface area contributed by atoms with Gasteiger partial charge in [0.25, 0.3) is 0 Å². The second kappa shape index (κ2) is 4.01. The van der Waals surface area contributed by atoms with Gasteiger partial charge in [0.15, 0.2) is 0 Å². The molecule has 4 heteroatoms. The van der Waals surface area contributed by atoms with E-state index in [0.29, 0.717) is 12.0 Å². The minimum Gasteiger partial charge on any atom is -0.309 e. The highest BCUT2D eigenvalue weighted by molar-refractivity contribution is 5.19. The second-order valence-electron chi connectivity index (χ2n) is 4.84. The van der Waals surface area contributed by atoms with E-state index in [2.05, 4.69) is 21.4 Å². The van der Waals surface area contributed by atoms with Crippen molar-refractivity contribution in [3.63, 3.8) is 0 Å². The van der Waals surface area contributed by atoms with E-state index >= 15 is 0 Å². The number of hydrogen-bond donors (Lipinski definition) is 2. The van der Waals surface area contributed by atoms with Crippen LogP contribution in [0, 0.1) is 0 Å². The topological polar surface area (TPSA) is 57.8 Å². The lowest BCUT2D eigenvalue weighted by molar-refractivity contribution is 0.403. The molecule has 2 N–H and O–H groups in total. The summed E-state index contributed by atoms with van der Waals surface area (Å²) in [6.45, 7) is 1.05. The van der Waals surface area contributed by atoms with Gasteiger partial charge in [-0.1, -0.05) is 6.42 Å². The fourth-order valence-electron chi connectivity index (χ4n) is 2.39. The molecule has 2 aliphatic rings. The number of hydrogen-bond acceptors (Lipinski definition) is 3. The summed E-state index contributed by atoms with van der Waals surface area (Å²) in [5.41, 5.74) is 1.83. The van der Waals surface area contributed by atoms with Crippen molar-refractivity contribution in [2.45, 2.75) is 44.1 Å². The summed E-state index contributed by atoms with van der Waals surface area (Å²) in [7, 11) is 0. The normalized spacial score (nSPS) is 25.6. The van der Waals surface area contributed by atoms with Crippen LogP contribution in [-0.4, -0.2) is 16.5 Å². The quantitative estimate of drug-likeness (QED) is 0.791. The number of piperidine rings is 1. The highest BCUT2D eigenvalue weighted by Gasteiger charge is 2.27. The van der Waals surface area contributed by atoms with Crippen LogP contribution in [0.1, 0.15) is 55.5 Å². The Bertz CT molecular complexity index is 430. The van der Waals surface area contributed by atoms with E-state index in [9.17, 15) is 4.79 Å². The molecule has 2 heterocycles. The highest BCUT2D eigenvalue weighted by atomic mass is 16.1. The number of nitrogens with zero attached hydrogens (tertiary/aromatic N) is 1. The third kappa shape index (κ3) is 2.02. The minimum atomic E-state index is -0.188. The summed E-state index contributed by atoms with van der Waals surface area (Å²) >= 11 is 0. The Kier molecular flexibility index (Phi) is 2.52. The van der Waals surface area contributed by atoms with Gasteiger partial charge in [-0.3, -0.25) is 0 Å². The van der Waals surface area contributed by atoms with E-state index in [1.165, 1.54) is 25.7 Å². The van der Waals surface area contributed by atoms with Crippen molar-refractivity contribution < 1.29 is 0 Å². The van der Waals surface area contributed by atoms with Crippen LogP contribution in [-0.2, 0) is 0 Å². The van der Waals surface area contributed by atoms with E-state index in [4.69, 9.17) is 0 Å². The molecule has 86 valence electrons. The predicted molar refractivity (Wildman–Crippen MR) is 61.4 cm³/mol. The number of aromatic amines is 1. The third-order valence-corrected chi connectivity index (χ3v) is 3.47. The third-order valence-electron chi connectivity index (χ3n) is 3.47. The molecule has 1 saturated heterocycles. The fraction of sp³-hybridized carbons (Fsp3) is 0.667. The molecule has 1 saturated carbocycles. The number of H-pyrrole nitrogens is 1. The molecule has 0 radical (unpaired) electrons. The molecule has 0 spiro atoms. The summed E-state index contributed by atoms with van der Waals surface area (Å²) < 4.78 is 0. The van der Waals surface area contributed by atoms with Gasteiger partial charge in [0.2, 0.25) is 0 Å².